The SMILES string of the molecule is CCC1CC1C(=O)c1cc(F)c(N2CCOC(CN(C)C)C2)c(F)c1F. The number of ether oxygens (including phenoxy) is 1. The van der Waals surface area contributed by atoms with E-state index in [4.69, 9.17) is 4.74 Å². The highest BCUT2D eigenvalue weighted by Crippen LogP contribution is 2.44. The van der Waals surface area contributed by atoms with Crippen molar-refractivity contribution in [3.63, 3.8) is 0 Å². The molecule has 0 bridgehead atoms. The van der Waals surface area contributed by atoms with Gasteiger partial charge < -0.3 is 14.5 Å². The van der Waals surface area contributed by atoms with E-state index < -0.39 is 34.5 Å². The van der Waals surface area contributed by atoms with Crippen LogP contribution in [0.4, 0.5) is 18.9 Å². The number of anilines is 1. The van der Waals surface area contributed by atoms with Crippen LogP contribution in [-0.4, -0.2) is 57.1 Å². The predicted molar refractivity (Wildman–Crippen MR) is 93.0 cm³/mol. The Bertz CT molecular complexity index is 696. The maximum Gasteiger partial charge on any atom is 0.185 e. The number of carbonyl (C=O) groups is 1. The minimum Gasteiger partial charge on any atom is -0.373 e. The highest BCUT2D eigenvalue weighted by molar-refractivity contribution is 6.00. The molecule has 1 saturated carbocycles. The van der Waals surface area contributed by atoms with E-state index in [1.165, 1.54) is 4.90 Å². The number of hydrogen-bond acceptors (Lipinski definition) is 4. The summed E-state index contributed by atoms with van der Waals surface area (Å²) >= 11 is 0. The molecule has 2 aliphatic rings. The number of rotatable bonds is 6. The number of nitrogens with zero attached hydrogens (tertiary/aromatic N) is 2. The van der Waals surface area contributed by atoms with E-state index in [-0.39, 0.29) is 31.0 Å². The van der Waals surface area contributed by atoms with Gasteiger partial charge in [0, 0.05) is 25.6 Å². The van der Waals surface area contributed by atoms with Crippen molar-refractivity contribution >= 4 is 11.5 Å². The van der Waals surface area contributed by atoms with E-state index in [0.29, 0.717) is 19.6 Å². The normalized spacial score (nSPS) is 25.7. The Labute approximate surface area is 151 Å². The van der Waals surface area contributed by atoms with Crippen LogP contribution in [0.5, 0.6) is 0 Å². The number of benzene rings is 1. The predicted octanol–water partition coefficient (Wildman–Crippen LogP) is 3.10. The van der Waals surface area contributed by atoms with Gasteiger partial charge in [-0.3, -0.25) is 4.79 Å². The summed E-state index contributed by atoms with van der Waals surface area (Å²) in [6, 6.07) is 0.859. The lowest BCUT2D eigenvalue weighted by Gasteiger charge is -2.36. The number of Topliss-reactive ketones (excluding diaryl/α,β-unsaturated/α-hetero) is 1. The third-order valence-electron chi connectivity index (χ3n) is 5.21. The van der Waals surface area contributed by atoms with Crippen LogP contribution in [0, 0.1) is 29.3 Å². The van der Waals surface area contributed by atoms with Gasteiger partial charge in [0.15, 0.2) is 17.4 Å². The number of ketones is 1. The van der Waals surface area contributed by atoms with Crippen molar-refractivity contribution in [2.75, 3.05) is 45.2 Å². The van der Waals surface area contributed by atoms with Gasteiger partial charge in [-0.2, -0.15) is 0 Å². The largest absolute Gasteiger partial charge is 0.373 e. The van der Waals surface area contributed by atoms with Gasteiger partial charge >= 0.3 is 0 Å². The van der Waals surface area contributed by atoms with Crippen LogP contribution in [0.1, 0.15) is 30.1 Å². The first kappa shape index (κ1) is 19.2. The van der Waals surface area contributed by atoms with Crippen molar-refractivity contribution in [2.45, 2.75) is 25.9 Å². The molecule has 7 heteroatoms. The first-order valence-electron chi connectivity index (χ1n) is 9.06. The molecule has 1 heterocycles. The van der Waals surface area contributed by atoms with Gasteiger partial charge in [0.05, 0.1) is 18.3 Å². The first-order chi connectivity index (χ1) is 12.3. The van der Waals surface area contributed by atoms with Crippen LogP contribution in [0.2, 0.25) is 0 Å². The molecule has 1 aromatic rings. The zero-order chi connectivity index (χ0) is 19.0. The Hall–Kier alpha value is -1.60. The molecule has 0 spiro atoms. The molecular formula is C19H25F3N2O2. The maximum absolute atomic E-state index is 14.7. The Kier molecular flexibility index (Phi) is 5.58. The molecule has 2 fully saturated rings. The summed E-state index contributed by atoms with van der Waals surface area (Å²) in [6.45, 7) is 3.38. The van der Waals surface area contributed by atoms with Crippen LogP contribution < -0.4 is 4.90 Å². The quantitative estimate of drug-likeness (QED) is 0.569. The summed E-state index contributed by atoms with van der Waals surface area (Å²) in [5.74, 6) is -4.04. The van der Waals surface area contributed by atoms with Gasteiger partial charge in [-0.25, -0.2) is 13.2 Å². The van der Waals surface area contributed by atoms with E-state index >= 15 is 0 Å². The molecule has 3 unspecified atom stereocenters. The van der Waals surface area contributed by atoms with E-state index in [1.54, 1.807) is 0 Å². The number of morpholine rings is 1. The van der Waals surface area contributed by atoms with Crippen LogP contribution in [0.25, 0.3) is 0 Å². The Morgan fingerprint density at radius 1 is 1.31 bits per heavy atom. The molecule has 4 nitrogen and oxygen atoms in total. The summed E-state index contributed by atoms with van der Waals surface area (Å²) in [7, 11) is 3.76. The Morgan fingerprint density at radius 3 is 2.65 bits per heavy atom. The van der Waals surface area contributed by atoms with E-state index in [1.807, 2.05) is 25.9 Å². The minimum absolute atomic E-state index is 0.193. The molecule has 1 aliphatic heterocycles. The van der Waals surface area contributed by atoms with E-state index in [0.717, 1.165) is 12.5 Å². The van der Waals surface area contributed by atoms with Crippen LogP contribution in [0.15, 0.2) is 6.07 Å². The number of likely N-dealkylation sites (N-methyl/N-ethyl adjacent to an activating group) is 1. The van der Waals surface area contributed by atoms with Crippen molar-refractivity contribution in [3.05, 3.63) is 29.1 Å². The Morgan fingerprint density at radius 2 is 2.04 bits per heavy atom. The first-order valence-corrected chi connectivity index (χ1v) is 9.06. The highest BCUT2D eigenvalue weighted by Gasteiger charge is 2.43. The van der Waals surface area contributed by atoms with Crippen molar-refractivity contribution in [1.82, 2.24) is 4.90 Å². The lowest BCUT2D eigenvalue weighted by atomic mass is 10.0. The third kappa shape index (κ3) is 3.74. The van der Waals surface area contributed by atoms with E-state index in [2.05, 4.69) is 0 Å². The average Bonchev–Trinajstić information content (AvgIpc) is 3.37. The van der Waals surface area contributed by atoms with Crippen molar-refractivity contribution in [2.24, 2.45) is 11.8 Å². The molecule has 1 saturated heterocycles. The smallest absolute Gasteiger partial charge is 0.185 e. The lowest BCUT2D eigenvalue weighted by molar-refractivity contribution is 0.0243. The second-order valence-electron chi connectivity index (χ2n) is 7.46. The minimum atomic E-state index is -1.28. The van der Waals surface area contributed by atoms with Crippen molar-refractivity contribution in [1.29, 1.82) is 0 Å². The molecule has 1 aliphatic carbocycles. The fourth-order valence-electron chi connectivity index (χ4n) is 3.71. The second kappa shape index (κ2) is 7.56. The summed E-state index contributed by atoms with van der Waals surface area (Å²) < 4.78 is 49.4. The molecule has 144 valence electrons. The molecule has 1 aromatic carbocycles. The monoisotopic (exact) mass is 370 g/mol. The molecule has 0 N–H and O–H groups in total. The summed E-state index contributed by atoms with van der Waals surface area (Å²) in [5, 5.41) is 0. The molecule has 3 atom stereocenters. The van der Waals surface area contributed by atoms with Gasteiger partial charge in [0.25, 0.3) is 0 Å². The van der Waals surface area contributed by atoms with Gasteiger partial charge in [-0.15, -0.1) is 0 Å². The molecule has 0 radical (unpaired) electrons. The number of halogens is 3. The summed E-state index contributed by atoms with van der Waals surface area (Å²) in [4.78, 5) is 15.7. The van der Waals surface area contributed by atoms with Gasteiger partial charge in [-0.05, 0) is 32.5 Å². The topological polar surface area (TPSA) is 32.8 Å². The number of hydrogen-bond donors (Lipinski definition) is 0. The fraction of sp³-hybridized carbons (Fsp3) is 0.632. The highest BCUT2D eigenvalue weighted by atomic mass is 19.2. The fourth-order valence-corrected chi connectivity index (χ4v) is 3.71. The number of carbonyl (C=O) groups excluding carboxylic acids is 1. The van der Waals surface area contributed by atoms with Crippen LogP contribution >= 0.6 is 0 Å². The van der Waals surface area contributed by atoms with Crippen molar-refractivity contribution in [3.8, 4) is 0 Å². The lowest BCUT2D eigenvalue weighted by Crippen LogP contribution is -2.47. The zero-order valence-corrected chi connectivity index (χ0v) is 15.4. The maximum atomic E-state index is 14.7. The molecule has 0 amide bonds. The second-order valence-corrected chi connectivity index (χ2v) is 7.46. The van der Waals surface area contributed by atoms with Crippen LogP contribution in [-0.2, 0) is 4.74 Å². The van der Waals surface area contributed by atoms with Gasteiger partial charge in [-0.1, -0.05) is 13.3 Å². The van der Waals surface area contributed by atoms with Crippen LogP contribution in [0.3, 0.4) is 0 Å². The zero-order valence-electron chi connectivity index (χ0n) is 15.4. The summed E-state index contributed by atoms with van der Waals surface area (Å²) in [6.07, 6.45) is 1.25. The summed E-state index contributed by atoms with van der Waals surface area (Å²) in [5.41, 5.74) is -0.878. The third-order valence-corrected chi connectivity index (χ3v) is 5.21. The molecule has 0 aromatic heterocycles. The van der Waals surface area contributed by atoms with E-state index in [9.17, 15) is 18.0 Å². The molecule has 26 heavy (non-hydrogen) atoms. The Balaban J connectivity index is 1.85. The van der Waals surface area contributed by atoms with Crippen molar-refractivity contribution < 1.29 is 22.7 Å². The standard InChI is InChI=1S/C19H25F3N2O2/c1-4-11-7-13(11)19(25)14-8-15(20)18(17(22)16(14)21)24-5-6-26-12(10-24)9-23(2)3/h8,11-13H,4-7,9-10H2,1-3H3. The average molecular weight is 370 g/mol. The van der Waals surface area contributed by atoms with Gasteiger partial charge in [0.1, 0.15) is 11.5 Å². The van der Waals surface area contributed by atoms with Gasteiger partial charge in [0.2, 0.25) is 0 Å². The molecule has 3 rings (SSSR count). The molecular weight excluding hydrogens is 345 g/mol.